The molecular weight excluding hydrogens is 408 g/mol. The lowest BCUT2D eigenvalue weighted by molar-refractivity contribution is 0.102. The molecule has 1 amide bonds. The highest BCUT2D eigenvalue weighted by Gasteiger charge is 2.18. The fourth-order valence-electron chi connectivity index (χ4n) is 2.68. The minimum absolute atomic E-state index is 0.234. The zero-order valence-corrected chi connectivity index (χ0v) is 16.1. The lowest BCUT2D eigenvalue weighted by atomic mass is 10.1. The topological polar surface area (TPSA) is 50.8 Å². The molecule has 0 spiro atoms. The molecule has 7 heteroatoms. The summed E-state index contributed by atoms with van der Waals surface area (Å²) >= 11 is 9.55. The molecule has 1 aliphatic rings. The van der Waals surface area contributed by atoms with Crippen LogP contribution >= 0.6 is 27.5 Å². The van der Waals surface area contributed by atoms with Crippen LogP contribution in [0.25, 0.3) is 0 Å². The number of nitrogens with one attached hydrogen (secondary N) is 1. The van der Waals surface area contributed by atoms with Crippen LogP contribution < -0.4 is 15.0 Å². The van der Waals surface area contributed by atoms with E-state index in [-0.39, 0.29) is 5.91 Å². The van der Waals surface area contributed by atoms with Gasteiger partial charge in [-0.3, -0.25) is 4.79 Å². The second-order valence-corrected chi connectivity index (χ2v) is 6.85. The van der Waals surface area contributed by atoms with E-state index in [0.717, 1.165) is 18.8 Å². The Morgan fingerprint density at radius 3 is 2.72 bits per heavy atom. The second kappa shape index (κ2) is 8.08. The van der Waals surface area contributed by atoms with Crippen molar-refractivity contribution in [2.75, 3.05) is 43.6 Å². The third kappa shape index (κ3) is 4.26. The van der Waals surface area contributed by atoms with Crippen molar-refractivity contribution in [2.45, 2.75) is 0 Å². The summed E-state index contributed by atoms with van der Waals surface area (Å²) in [7, 11) is 1.57. The zero-order valence-electron chi connectivity index (χ0n) is 13.7. The molecule has 0 radical (unpaired) electrons. The number of hydrogen-bond acceptors (Lipinski definition) is 4. The summed E-state index contributed by atoms with van der Waals surface area (Å²) in [6.07, 6.45) is 0. The van der Waals surface area contributed by atoms with Gasteiger partial charge < -0.3 is 19.7 Å². The molecule has 0 unspecified atom stereocenters. The molecule has 0 atom stereocenters. The first-order valence-electron chi connectivity index (χ1n) is 7.85. The summed E-state index contributed by atoms with van der Waals surface area (Å²) in [5, 5.41) is 3.53. The minimum Gasteiger partial charge on any atom is -0.497 e. The molecular formula is C18H18BrClN2O3. The van der Waals surface area contributed by atoms with Crippen LogP contribution in [0.1, 0.15) is 10.4 Å². The fraction of sp³-hybridized carbons (Fsp3) is 0.278. The Morgan fingerprint density at radius 2 is 2.00 bits per heavy atom. The van der Waals surface area contributed by atoms with Crippen molar-refractivity contribution >= 4 is 44.8 Å². The summed E-state index contributed by atoms with van der Waals surface area (Å²) in [6.45, 7) is 2.87. The molecule has 1 heterocycles. The highest BCUT2D eigenvalue weighted by Crippen LogP contribution is 2.31. The number of morpholine rings is 1. The molecule has 132 valence electrons. The third-order valence-electron chi connectivity index (χ3n) is 3.98. The normalized spacial score (nSPS) is 14.3. The molecule has 1 N–H and O–H groups in total. The predicted molar refractivity (Wildman–Crippen MR) is 103 cm³/mol. The van der Waals surface area contributed by atoms with E-state index in [4.69, 9.17) is 21.1 Å². The predicted octanol–water partition coefficient (Wildman–Crippen LogP) is 4.20. The van der Waals surface area contributed by atoms with Crippen molar-refractivity contribution < 1.29 is 14.3 Å². The Hall–Kier alpha value is -1.76. The molecule has 0 bridgehead atoms. The van der Waals surface area contributed by atoms with E-state index in [9.17, 15) is 4.79 Å². The van der Waals surface area contributed by atoms with Crippen molar-refractivity contribution in [2.24, 2.45) is 0 Å². The summed E-state index contributed by atoms with van der Waals surface area (Å²) in [5.41, 5.74) is 2.10. The number of hydrogen-bond donors (Lipinski definition) is 1. The van der Waals surface area contributed by atoms with Crippen molar-refractivity contribution in [1.82, 2.24) is 0 Å². The molecule has 1 fully saturated rings. The second-order valence-electron chi connectivity index (χ2n) is 5.56. The first-order valence-corrected chi connectivity index (χ1v) is 9.02. The fourth-order valence-corrected chi connectivity index (χ4v) is 3.28. The molecule has 0 aromatic heterocycles. The Kier molecular flexibility index (Phi) is 5.83. The number of carbonyl (C=O) groups excluding carboxylic acids is 1. The Balaban J connectivity index is 1.89. The quantitative estimate of drug-likeness (QED) is 0.798. The number of benzene rings is 2. The lowest BCUT2D eigenvalue weighted by Crippen LogP contribution is -2.36. The monoisotopic (exact) mass is 424 g/mol. The molecule has 0 aliphatic carbocycles. The third-order valence-corrected chi connectivity index (χ3v) is 4.90. The van der Waals surface area contributed by atoms with Gasteiger partial charge in [0.2, 0.25) is 0 Å². The van der Waals surface area contributed by atoms with Crippen LogP contribution in [0.5, 0.6) is 5.75 Å². The Morgan fingerprint density at radius 1 is 1.24 bits per heavy atom. The van der Waals surface area contributed by atoms with E-state index in [2.05, 4.69) is 26.1 Å². The Labute approximate surface area is 160 Å². The van der Waals surface area contributed by atoms with Crippen LogP contribution in [0.3, 0.4) is 0 Å². The van der Waals surface area contributed by atoms with Gasteiger partial charge in [-0.1, -0.05) is 11.6 Å². The molecule has 1 saturated heterocycles. The van der Waals surface area contributed by atoms with Crippen LogP contribution in [0.2, 0.25) is 5.02 Å². The van der Waals surface area contributed by atoms with Crippen molar-refractivity contribution in [3.63, 3.8) is 0 Å². The van der Waals surface area contributed by atoms with Crippen LogP contribution in [-0.2, 0) is 4.74 Å². The van der Waals surface area contributed by atoms with E-state index in [1.54, 1.807) is 31.4 Å². The van der Waals surface area contributed by atoms with Gasteiger partial charge in [-0.2, -0.15) is 0 Å². The number of rotatable bonds is 4. The van der Waals surface area contributed by atoms with E-state index in [1.165, 1.54) is 0 Å². The van der Waals surface area contributed by atoms with Gasteiger partial charge in [0.1, 0.15) is 5.75 Å². The lowest BCUT2D eigenvalue weighted by Gasteiger charge is -2.30. The maximum absolute atomic E-state index is 12.8. The van der Waals surface area contributed by atoms with E-state index < -0.39 is 0 Å². The highest BCUT2D eigenvalue weighted by atomic mass is 79.9. The first kappa shape index (κ1) is 18.0. The largest absolute Gasteiger partial charge is 0.497 e. The molecule has 3 rings (SSSR count). The van der Waals surface area contributed by atoms with Crippen molar-refractivity contribution in [1.29, 1.82) is 0 Å². The maximum Gasteiger partial charge on any atom is 0.257 e. The average molecular weight is 426 g/mol. The summed E-state index contributed by atoms with van der Waals surface area (Å²) in [6, 6.07) is 10.8. The van der Waals surface area contributed by atoms with Crippen LogP contribution in [0.4, 0.5) is 11.4 Å². The number of nitrogens with zero attached hydrogens (tertiary/aromatic N) is 1. The number of amides is 1. The van der Waals surface area contributed by atoms with Crippen molar-refractivity contribution in [3.05, 3.63) is 51.5 Å². The van der Waals surface area contributed by atoms with Crippen LogP contribution in [0, 0.1) is 0 Å². The van der Waals surface area contributed by atoms with Crippen molar-refractivity contribution in [3.8, 4) is 5.75 Å². The number of methoxy groups -OCH3 is 1. The summed E-state index contributed by atoms with van der Waals surface area (Å²) in [4.78, 5) is 14.9. The van der Waals surface area contributed by atoms with Gasteiger partial charge in [0.05, 0.1) is 37.3 Å². The molecule has 2 aromatic rings. The Bertz CT molecular complexity index is 779. The molecule has 25 heavy (non-hydrogen) atoms. The summed E-state index contributed by atoms with van der Waals surface area (Å²) < 4.78 is 11.3. The van der Waals surface area contributed by atoms with Gasteiger partial charge in [-0.05, 0) is 52.3 Å². The van der Waals surface area contributed by atoms with Crippen LogP contribution in [0.15, 0.2) is 40.9 Å². The molecule has 0 saturated carbocycles. The highest BCUT2D eigenvalue weighted by molar-refractivity contribution is 9.10. The zero-order chi connectivity index (χ0) is 17.8. The van der Waals surface area contributed by atoms with Gasteiger partial charge >= 0.3 is 0 Å². The minimum atomic E-state index is -0.234. The molecule has 1 aliphatic heterocycles. The number of anilines is 2. The average Bonchev–Trinajstić information content (AvgIpc) is 2.63. The van der Waals surface area contributed by atoms with E-state index >= 15 is 0 Å². The summed E-state index contributed by atoms with van der Waals surface area (Å²) in [5.74, 6) is 0.385. The number of halogens is 2. The standard InChI is InChI=1S/C18H18BrClN2O3/c1-24-13-3-4-15(19)14(11-13)18(23)21-16-10-12(20)2-5-17(16)22-6-8-25-9-7-22/h2-5,10-11H,6-9H2,1H3,(H,21,23). The van der Waals surface area contributed by atoms with Gasteiger partial charge in [0.25, 0.3) is 5.91 Å². The molecule has 5 nitrogen and oxygen atoms in total. The van der Waals surface area contributed by atoms with Gasteiger partial charge in [-0.25, -0.2) is 0 Å². The maximum atomic E-state index is 12.8. The van der Waals surface area contributed by atoms with Gasteiger partial charge in [0.15, 0.2) is 0 Å². The van der Waals surface area contributed by atoms with E-state index in [1.807, 2.05) is 12.1 Å². The van der Waals surface area contributed by atoms with Crippen LogP contribution in [-0.4, -0.2) is 39.3 Å². The van der Waals surface area contributed by atoms with E-state index in [0.29, 0.717) is 39.7 Å². The first-order chi connectivity index (χ1) is 12.1. The smallest absolute Gasteiger partial charge is 0.257 e. The number of ether oxygens (including phenoxy) is 2. The van der Waals surface area contributed by atoms with Gasteiger partial charge in [-0.15, -0.1) is 0 Å². The number of carbonyl (C=O) groups is 1. The van der Waals surface area contributed by atoms with Gasteiger partial charge in [0, 0.05) is 22.6 Å². The molecule has 2 aromatic carbocycles. The SMILES string of the molecule is COc1ccc(Br)c(C(=O)Nc2cc(Cl)ccc2N2CCOCC2)c1.